The molecule has 2 rings (SSSR count). The molecule has 0 aliphatic carbocycles. The molecular formula is C13H14N2O. The van der Waals surface area contributed by atoms with Gasteiger partial charge < -0.3 is 10.8 Å². The lowest BCUT2D eigenvalue weighted by atomic mass is 9.91. The summed E-state index contributed by atoms with van der Waals surface area (Å²) in [5, 5.41) is 9.80. The molecule has 0 bridgehead atoms. The Labute approximate surface area is 94.6 Å². The van der Waals surface area contributed by atoms with Crippen LogP contribution in [0.1, 0.15) is 17.0 Å². The first-order chi connectivity index (χ1) is 7.83. The van der Waals surface area contributed by atoms with Crippen molar-refractivity contribution in [2.24, 2.45) is 5.73 Å². The highest BCUT2D eigenvalue weighted by Crippen LogP contribution is 2.29. The van der Waals surface area contributed by atoms with Crippen LogP contribution in [0.25, 0.3) is 0 Å². The summed E-state index contributed by atoms with van der Waals surface area (Å²) in [6.45, 7) is 0.460. The molecule has 0 saturated heterocycles. The van der Waals surface area contributed by atoms with Crippen molar-refractivity contribution in [1.29, 1.82) is 0 Å². The number of rotatable bonds is 3. The number of pyridine rings is 1. The lowest BCUT2D eigenvalue weighted by Gasteiger charge is -2.16. The van der Waals surface area contributed by atoms with Gasteiger partial charge in [-0.25, -0.2) is 0 Å². The maximum atomic E-state index is 9.80. The van der Waals surface area contributed by atoms with Crippen molar-refractivity contribution in [2.75, 3.05) is 6.54 Å². The Bertz CT molecular complexity index is 456. The average molecular weight is 214 g/mol. The van der Waals surface area contributed by atoms with Crippen molar-refractivity contribution < 1.29 is 5.11 Å². The quantitative estimate of drug-likeness (QED) is 0.820. The van der Waals surface area contributed by atoms with Crippen LogP contribution in [0.2, 0.25) is 0 Å². The molecule has 3 heteroatoms. The van der Waals surface area contributed by atoms with Gasteiger partial charge in [-0.05, 0) is 23.8 Å². The Hall–Kier alpha value is -1.87. The minimum atomic E-state index is 0.0178. The maximum Gasteiger partial charge on any atom is 0.119 e. The van der Waals surface area contributed by atoms with Crippen LogP contribution >= 0.6 is 0 Å². The SMILES string of the molecule is NCC(c1ccncc1)c1ccccc1O. The number of hydrogen-bond acceptors (Lipinski definition) is 3. The molecule has 1 atom stereocenters. The van der Waals surface area contributed by atoms with E-state index in [0.717, 1.165) is 11.1 Å². The van der Waals surface area contributed by atoms with Crippen LogP contribution in [0.4, 0.5) is 0 Å². The number of hydrogen-bond donors (Lipinski definition) is 2. The normalized spacial score (nSPS) is 12.3. The number of aromatic hydroxyl groups is 1. The van der Waals surface area contributed by atoms with Crippen LogP contribution in [0, 0.1) is 0 Å². The first-order valence-corrected chi connectivity index (χ1v) is 5.21. The third kappa shape index (κ3) is 2.04. The third-order valence-electron chi connectivity index (χ3n) is 2.66. The van der Waals surface area contributed by atoms with Gasteiger partial charge in [-0.1, -0.05) is 18.2 Å². The molecule has 16 heavy (non-hydrogen) atoms. The van der Waals surface area contributed by atoms with Crippen LogP contribution in [0.15, 0.2) is 48.8 Å². The third-order valence-corrected chi connectivity index (χ3v) is 2.66. The van der Waals surface area contributed by atoms with Gasteiger partial charge in [-0.15, -0.1) is 0 Å². The molecule has 0 saturated carbocycles. The highest BCUT2D eigenvalue weighted by molar-refractivity contribution is 5.40. The molecule has 1 heterocycles. The van der Waals surface area contributed by atoms with Gasteiger partial charge in [-0.3, -0.25) is 4.98 Å². The lowest BCUT2D eigenvalue weighted by Crippen LogP contribution is -2.13. The lowest BCUT2D eigenvalue weighted by molar-refractivity contribution is 0.465. The fraction of sp³-hybridized carbons (Fsp3) is 0.154. The predicted octanol–water partition coefficient (Wildman–Crippen LogP) is 1.88. The van der Waals surface area contributed by atoms with E-state index in [1.54, 1.807) is 24.5 Å². The van der Waals surface area contributed by atoms with Gasteiger partial charge in [-0.2, -0.15) is 0 Å². The van der Waals surface area contributed by atoms with E-state index in [9.17, 15) is 5.11 Å². The second-order valence-corrected chi connectivity index (χ2v) is 3.63. The van der Waals surface area contributed by atoms with Gasteiger partial charge in [0.05, 0.1) is 0 Å². The van der Waals surface area contributed by atoms with Gasteiger partial charge in [0.1, 0.15) is 5.75 Å². The van der Waals surface area contributed by atoms with Gasteiger partial charge in [0.15, 0.2) is 0 Å². The van der Waals surface area contributed by atoms with Crippen LogP contribution < -0.4 is 5.73 Å². The molecule has 0 aliphatic rings. The molecule has 2 aromatic rings. The number of benzene rings is 1. The number of nitrogens with zero attached hydrogens (tertiary/aromatic N) is 1. The van der Waals surface area contributed by atoms with Gasteiger partial charge in [0.25, 0.3) is 0 Å². The zero-order valence-corrected chi connectivity index (χ0v) is 8.88. The zero-order valence-electron chi connectivity index (χ0n) is 8.88. The van der Waals surface area contributed by atoms with Crippen molar-refractivity contribution in [3.05, 3.63) is 59.9 Å². The first-order valence-electron chi connectivity index (χ1n) is 5.21. The molecule has 1 aromatic carbocycles. The molecule has 1 aromatic heterocycles. The Morgan fingerprint density at radius 1 is 1.12 bits per heavy atom. The summed E-state index contributed by atoms with van der Waals surface area (Å²) in [5.74, 6) is 0.305. The number of para-hydroxylation sites is 1. The summed E-state index contributed by atoms with van der Waals surface area (Å²) in [6, 6.07) is 11.1. The molecule has 0 fully saturated rings. The minimum absolute atomic E-state index is 0.0178. The molecule has 3 N–H and O–H groups in total. The Morgan fingerprint density at radius 2 is 1.81 bits per heavy atom. The average Bonchev–Trinajstić information content (AvgIpc) is 2.34. The van der Waals surface area contributed by atoms with Gasteiger partial charge in [0.2, 0.25) is 0 Å². The largest absolute Gasteiger partial charge is 0.508 e. The van der Waals surface area contributed by atoms with Crippen molar-refractivity contribution in [1.82, 2.24) is 4.98 Å². The van der Waals surface area contributed by atoms with Crippen molar-refractivity contribution >= 4 is 0 Å². The van der Waals surface area contributed by atoms with Crippen molar-refractivity contribution in [3.63, 3.8) is 0 Å². The summed E-state index contributed by atoms with van der Waals surface area (Å²) in [6.07, 6.45) is 3.47. The monoisotopic (exact) mass is 214 g/mol. The maximum absolute atomic E-state index is 9.80. The predicted molar refractivity (Wildman–Crippen MR) is 63.2 cm³/mol. The number of nitrogens with two attached hydrogens (primary N) is 1. The van der Waals surface area contributed by atoms with E-state index in [2.05, 4.69) is 4.98 Å². The number of phenolic OH excluding ortho intramolecular Hbond substituents is 1. The minimum Gasteiger partial charge on any atom is -0.508 e. The molecular weight excluding hydrogens is 200 g/mol. The Kier molecular flexibility index (Phi) is 3.17. The van der Waals surface area contributed by atoms with Crippen LogP contribution in [-0.4, -0.2) is 16.6 Å². The summed E-state index contributed by atoms with van der Waals surface area (Å²) in [4.78, 5) is 3.97. The van der Waals surface area contributed by atoms with E-state index in [1.165, 1.54) is 0 Å². The molecule has 3 nitrogen and oxygen atoms in total. The molecule has 0 radical (unpaired) electrons. The molecule has 82 valence electrons. The van der Waals surface area contributed by atoms with E-state index in [4.69, 9.17) is 5.73 Å². The van der Waals surface area contributed by atoms with Crippen LogP contribution in [-0.2, 0) is 0 Å². The summed E-state index contributed by atoms with van der Waals surface area (Å²) < 4.78 is 0. The van der Waals surface area contributed by atoms with Gasteiger partial charge in [0, 0.05) is 30.4 Å². The van der Waals surface area contributed by atoms with E-state index in [0.29, 0.717) is 6.54 Å². The number of aromatic nitrogens is 1. The van der Waals surface area contributed by atoms with E-state index in [-0.39, 0.29) is 11.7 Å². The van der Waals surface area contributed by atoms with E-state index < -0.39 is 0 Å². The van der Waals surface area contributed by atoms with Crippen molar-refractivity contribution in [3.8, 4) is 5.75 Å². The van der Waals surface area contributed by atoms with Crippen LogP contribution in [0.3, 0.4) is 0 Å². The summed E-state index contributed by atoms with van der Waals surface area (Å²) in [5.41, 5.74) is 7.70. The van der Waals surface area contributed by atoms with E-state index >= 15 is 0 Å². The molecule has 0 aliphatic heterocycles. The Balaban J connectivity index is 2.41. The summed E-state index contributed by atoms with van der Waals surface area (Å²) >= 11 is 0. The topological polar surface area (TPSA) is 59.1 Å². The second kappa shape index (κ2) is 4.77. The number of phenols is 1. The van der Waals surface area contributed by atoms with Crippen LogP contribution in [0.5, 0.6) is 5.75 Å². The highest BCUT2D eigenvalue weighted by Gasteiger charge is 2.15. The van der Waals surface area contributed by atoms with Gasteiger partial charge >= 0.3 is 0 Å². The second-order valence-electron chi connectivity index (χ2n) is 3.63. The smallest absolute Gasteiger partial charge is 0.119 e. The van der Waals surface area contributed by atoms with E-state index in [1.807, 2.05) is 24.3 Å². The molecule has 0 amide bonds. The first kappa shape index (κ1) is 10.6. The zero-order chi connectivity index (χ0) is 11.4. The fourth-order valence-corrected chi connectivity index (χ4v) is 1.82. The Morgan fingerprint density at radius 3 is 2.44 bits per heavy atom. The summed E-state index contributed by atoms with van der Waals surface area (Å²) in [7, 11) is 0. The molecule has 1 unspecified atom stereocenters. The fourth-order valence-electron chi connectivity index (χ4n) is 1.82. The molecule has 0 spiro atoms. The standard InChI is InChI=1S/C13H14N2O/c14-9-12(10-5-7-15-8-6-10)11-3-1-2-4-13(11)16/h1-8,12,16H,9,14H2. The highest BCUT2D eigenvalue weighted by atomic mass is 16.3. The van der Waals surface area contributed by atoms with Crippen molar-refractivity contribution in [2.45, 2.75) is 5.92 Å².